The number of fused-ring (bicyclic) bond motifs is 1. The zero-order valence-corrected chi connectivity index (χ0v) is 15.3. The summed E-state index contributed by atoms with van der Waals surface area (Å²) in [5.41, 5.74) is 2.29. The molecule has 0 atom stereocenters. The van der Waals surface area contributed by atoms with Crippen LogP contribution in [0.2, 0.25) is 0 Å². The van der Waals surface area contributed by atoms with Crippen LogP contribution >= 0.6 is 0 Å². The minimum absolute atomic E-state index is 0.210. The molecule has 6 heteroatoms. The molecule has 1 aliphatic rings. The highest BCUT2D eigenvalue weighted by Gasteiger charge is 2.21. The predicted octanol–water partition coefficient (Wildman–Crippen LogP) is 2.80. The van der Waals surface area contributed by atoms with Crippen LogP contribution in [0.3, 0.4) is 0 Å². The minimum Gasteiger partial charge on any atom is -0.371 e. The Hall–Kier alpha value is -3.15. The molecule has 1 aromatic heterocycles. The number of para-hydroxylation sites is 1. The van der Waals surface area contributed by atoms with E-state index >= 15 is 0 Å². The van der Waals surface area contributed by atoms with Gasteiger partial charge in [0.15, 0.2) is 5.69 Å². The van der Waals surface area contributed by atoms with Crippen molar-refractivity contribution in [2.24, 2.45) is 0 Å². The summed E-state index contributed by atoms with van der Waals surface area (Å²) < 4.78 is 0. The fourth-order valence-corrected chi connectivity index (χ4v) is 3.70. The van der Waals surface area contributed by atoms with Crippen LogP contribution in [0.5, 0.6) is 0 Å². The van der Waals surface area contributed by atoms with E-state index in [-0.39, 0.29) is 17.2 Å². The molecule has 2 heterocycles. The second-order valence-corrected chi connectivity index (χ2v) is 6.93. The molecular weight excluding hydrogens is 340 g/mol. The quantitative estimate of drug-likeness (QED) is 0.775. The highest BCUT2D eigenvalue weighted by Crippen LogP contribution is 2.26. The molecule has 0 unspecified atom stereocenters. The fraction of sp³-hybridized carbons (Fsp3) is 0.286. The SMILES string of the molecule is CN(Cc1ccccc1N1CCCC1)C(=O)c1n[nH]c(=O)c2ccccc12. The van der Waals surface area contributed by atoms with E-state index in [0.29, 0.717) is 17.3 Å². The van der Waals surface area contributed by atoms with E-state index in [1.54, 1.807) is 30.1 Å². The maximum atomic E-state index is 13.0. The van der Waals surface area contributed by atoms with Gasteiger partial charge in [0.1, 0.15) is 0 Å². The van der Waals surface area contributed by atoms with E-state index in [2.05, 4.69) is 27.2 Å². The lowest BCUT2D eigenvalue weighted by Crippen LogP contribution is -2.30. The van der Waals surface area contributed by atoms with Crippen LogP contribution in [0.4, 0.5) is 5.69 Å². The average molecular weight is 362 g/mol. The maximum Gasteiger partial charge on any atom is 0.274 e. The third kappa shape index (κ3) is 3.30. The largest absolute Gasteiger partial charge is 0.371 e. The first-order chi connectivity index (χ1) is 13.1. The number of carbonyl (C=O) groups is 1. The van der Waals surface area contributed by atoms with Crippen LogP contribution in [-0.2, 0) is 6.54 Å². The number of aromatic nitrogens is 2. The van der Waals surface area contributed by atoms with Crippen molar-refractivity contribution in [2.45, 2.75) is 19.4 Å². The number of aromatic amines is 1. The Balaban J connectivity index is 1.63. The number of hydrogen-bond acceptors (Lipinski definition) is 4. The first kappa shape index (κ1) is 17.3. The summed E-state index contributed by atoms with van der Waals surface area (Å²) in [5, 5.41) is 7.52. The number of amides is 1. The fourth-order valence-electron chi connectivity index (χ4n) is 3.70. The second kappa shape index (κ2) is 7.23. The molecule has 1 saturated heterocycles. The molecule has 138 valence electrons. The second-order valence-electron chi connectivity index (χ2n) is 6.93. The van der Waals surface area contributed by atoms with Crippen molar-refractivity contribution in [3.63, 3.8) is 0 Å². The van der Waals surface area contributed by atoms with E-state index in [0.717, 1.165) is 18.7 Å². The molecule has 1 fully saturated rings. The number of anilines is 1. The molecule has 1 amide bonds. The van der Waals surface area contributed by atoms with Crippen molar-refractivity contribution in [3.05, 3.63) is 70.1 Å². The van der Waals surface area contributed by atoms with Gasteiger partial charge in [0.05, 0.1) is 5.39 Å². The van der Waals surface area contributed by atoms with Gasteiger partial charge in [0, 0.05) is 37.8 Å². The van der Waals surface area contributed by atoms with Crippen molar-refractivity contribution in [2.75, 3.05) is 25.0 Å². The number of nitrogens with zero attached hydrogens (tertiary/aromatic N) is 3. The average Bonchev–Trinajstić information content (AvgIpc) is 3.23. The molecule has 27 heavy (non-hydrogen) atoms. The molecule has 4 rings (SSSR count). The maximum absolute atomic E-state index is 13.0. The number of carbonyl (C=O) groups excluding carboxylic acids is 1. The van der Waals surface area contributed by atoms with Crippen LogP contribution < -0.4 is 10.5 Å². The summed E-state index contributed by atoms with van der Waals surface area (Å²) in [6, 6.07) is 15.3. The van der Waals surface area contributed by atoms with Gasteiger partial charge in [-0.05, 0) is 30.5 Å². The topological polar surface area (TPSA) is 69.3 Å². The molecule has 0 aliphatic carbocycles. The zero-order valence-electron chi connectivity index (χ0n) is 15.3. The lowest BCUT2D eigenvalue weighted by atomic mass is 10.1. The third-order valence-corrected chi connectivity index (χ3v) is 5.09. The van der Waals surface area contributed by atoms with Crippen molar-refractivity contribution in [3.8, 4) is 0 Å². The number of rotatable bonds is 4. The molecule has 0 radical (unpaired) electrons. The Bertz CT molecular complexity index is 1040. The summed E-state index contributed by atoms with van der Waals surface area (Å²) in [5.74, 6) is -0.210. The molecule has 3 aromatic rings. The lowest BCUT2D eigenvalue weighted by molar-refractivity contribution is 0.0780. The van der Waals surface area contributed by atoms with Crippen molar-refractivity contribution >= 4 is 22.4 Å². The molecule has 1 aliphatic heterocycles. The molecule has 0 saturated carbocycles. The van der Waals surface area contributed by atoms with E-state index < -0.39 is 0 Å². The normalized spacial score (nSPS) is 13.9. The molecule has 0 bridgehead atoms. The lowest BCUT2D eigenvalue weighted by Gasteiger charge is -2.24. The van der Waals surface area contributed by atoms with Crippen LogP contribution in [-0.4, -0.2) is 41.1 Å². The number of hydrogen-bond donors (Lipinski definition) is 1. The summed E-state index contributed by atoms with van der Waals surface area (Å²) in [6.07, 6.45) is 2.41. The Morgan fingerprint density at radius 2 is 1.74 bits per heavy atom. The Kier molecular flexibility index (Phi) is 4.62. The van der Waals surface area contributed by atoms with Gasteiger partial charge in [0.25, 0.3) is 11.5 Å². The van der Waals surface area contributed by atoms with Gasteiger partial charge >= 0.3 is 0 Å². The van der Waals surface area contributed by atoms with Gasteiger partial charge in [-0.1, -0.05) is 36.4 Å². The van der Waals surface area contributed by atoms with E-state index in [1.807, 2.05) is 18.2 Å². The van der Waals surface area contributed by atoms with Crippen LogP contribution in [0.15, 0.2) is 53.3 Å². The highest BCUT2D eigenvalue weighted by molar-refractivity contribution is 6.04. The predicted molar refractivity (Wildman–Crippen MR) is 106 cm³/mol. The van der Waals surface area contributed by atoms with E-state index in [1.165, 1.54) is 18.5 Å². The van der Waals surface area contributed by atoms with Gasteiger partial charge in [-0.25, -0.2) is 5.10 Å². The van der Waals surface area contributed by atoms with Gasteiger partial charge in [0.2, 0.25) is 0 Å². The Morgan fingerprint density at radius 3 is 2.52 bits per heavy atom. The number of nitrogens with one attached hydrogen (secondary N) is 1. The van der Waals surface area contributed by atoms with Crippen molar-refractivity contribution in [1.82, 2.24) is 15.1 Å². The van der Waals surface area contributed by atoms with Crippen molar-refractivity contribution < 1.29 is 4.79 Å². The van der Waals surface area contributed by atoms with Crippen molar-refractivity contribution in [1.29, 1.82) is 0 Å². The first-order valence-electron chi connectivity index (χ1n) is 9.21. The van der Waals surface area contributed by atoms with Gasteiger partial charge in [-0.3, -0.25) is 9.59 Å². The summed E-state index contributed by atoms with van der Waals surface area (Å²) in [4.78, 5) is 29.0. The molecule has 1 N–H and O–H groups in total. The minimum atomic E-state index is -0.288. The monoisotopic (exact) mass is 362 g/mol. The van der Waals surface area contributed by atoms with Gasteiger partial charge in [-0.15, -0.1) is 0 Å². The first-order valence-corrected chi connectivity index (χ1v) is 9.21. The smallest absolute Gasteiger partial charge is 0.274 e. The molecular formula is C21H22N4O2. The van der Waals surface area contributed by atoms with Gasteiger partial charge < -0.3 is 9.80 Å². The Labute approximate surface area is 157 Å². The third-order valence-electron chi connectivity index (χ3n) is 5.09. The summed E-state index contributed by atoms with van der Waals surface area (Å²) >= 11 is 0. The van der Waals surface area contributed by atoms with Crippen LogP contribution in [0.25, 0.3) is 10.8 Å². The molecule has 6 nitrogen and oxygen atoms in total. The standard InChI is InChI=1S/C21H22N4O2/c1-24(14-15-8-2-5-11-18(15)25-12-6-7-13-25)21(27)19-16-9-3-4-10-17(16)20(26)23-22-19/h2-5,8-11H,6-7,12-14H2,1H3,(H,23,26). The van der Waals surface area contributed by atoms with E-state index in [9.17, 15) is 9.59 Å². The highest BCUT2D eigenvalue weighted by atomic mass is 16.2. The summed E-state index contributed by atoms with van der Waals surface area (Å²) in [7, 11) is 1.77. The number of H-pyrrole nitrogens is 1. The van der Waals surface area contributed by atoms with E-state index in [4.69, 9.17) is 0 Å². The zero-order chi connectivity index (χ0) is 18.8. The van der Waals surface area contributed by atoms with Gasteiger partial charge in [-0.2, -0.15) is 5.10 Å². The molecule has 2 aromatic carbocycles. The Morgan fingerprint density at radius 1 is 1.07 bits per heavy atom. The van der Waals surface area contributed by atoms with Crippen LogP contribution in [0, 0.1) is 0 Å². The van der Waals surface area contributed by atoms with Crippen LogP contribution in [0.1, 0.15) is 28.9 Å². The number of benzene rings is 2. The summed E-state index contributed by atoms with van der Waals surface area (Å²) in [6.45, 7) is 2.60. The molecule has 0 spiro atoms.